The Morgan fingerprint density at radius 2 is 2.22 bits per heavy atom. The highest BCUT2D eigenvalue weighted by molar-refractivity contribution is 7.14. The number of benzene rings is 1. The first-order chi connectivity index (χ1) is 11.2. The minimum absolute atomic E-state index is 0.158. The minimum atomic E-state index is -0.621. The van der Waals surface area contributed by atoms with Gasteiger partial charge in [-0.25, -0.2) is 14.2 Å². The van der Waals surface area contributed by atoms with Gasteiger partial charge in [-0.2, -0.15) is 16.6 Å². The maximum absolute atomic E-state index is 13.6. The van der Waals surface area contributed by atoms with E-state index in [2.05, 4.69) is 4.98 Å². The van der Waals surface area contributed by atoms with Crippen LogP contribution in [0.15, 0.2) is 40.4 Å². The van der Waals surface area contributed by atoms with Gasteiger partial charge in [-0.3, -0.25) is 0 Å². The summed E-state index contributed by atoms with van der Waals surface area (Å²) in [4.78, 5) is 16.2. The predicted molar refractivity (Wildman–Crippen MR) is 85.7 cm³/mol. The number of hydrogen-bond acceptors (Lipinski definition) is 6. The summed E-state index contributed by atoms with van der Waals surface area (Å²) in [5.41, 5.74) is 1.61. The van der Waals surface area contributed by atoms with Crippen molar-refractivity contribution in [2.75, 3.05) is 0 Å². The van der Waals surface area contributed by atoms with E-state index >= 15 is 0 Å². The zero-order chi connectivity index (χ0) is 16.2. The number of nitriles is 1. The van der Waals surface area contributed by atoms with Crippen molar-refractivity contribution in [2.45, 2.75) is 6.61 Å². The highest BCUT2D eigenvalue weighted by Gasteiger charge is 2.14. The molecule has 0 aliphatic carbocycles. The van der Waals surface area contributed by atoms with E-state index in [1.165, 1.54) is 29.5 Å². The van der Waals surface area contributed by atoms with Gasteiger partial charge >= 0.3 is 5.97 Å². The van der Waals surface area contributed by atoms with E-state index in [0.717, 1.165) is 10.6 Å². The molecule has 0 amide bonds. The number of carbonyl (C=O) groups excluding carboxylic acids is 1. The normalized spacial score (nSPS) is 10.3. The number of nitrogens with zero attached hydrogens (tertiary/aromatic N) is 2. The number of carbonyl (C=O) groups is 1. The van der Waals surface area contributed by atoms with Crippen molar-refractivity contribution in [3.8, 4) is 16.6 Å². The molecule has 0 fully saturated rings. The fraction of sp³-hybridized carbons (Fsp3) is 0.0625. The molecule has 0 atom stereocenters. The van der Waals surface area contributed by atoms with E-state index in [1.54, 1.807) is 16.7 Å². The minimum Gasteiger partial charge on any atom is -0.456 e. The fourth-order valence-corrected chi connectivity index (χ4v) is 3.36. The molecule has 23 heavy (non-hydrogen) atoms. The van der Waals surface area contributed by atoms with Crippen molar-refractivity contribution in [1.82, 2.24) is 4.98 Å². The van der Waals surface area contributed by atoms with Gasteiger partial charge in [-0.15, -0.1) is 11.3 Å². The molecule has 0 spiro atoms. The molecule has 0 saturated carbocycles. The predicted octanol–water partition coefficient (Wildman–Crippen LogP) is 4.24. The maximum atomic E-state index is 13.6. The van der Waals surface area contributed by atoms with Gasteiger partial charge in [0.2, 0.25) is 0 Å². The molecule has 3 rings (SSSR count). The van der Waals surface area contributed by atoms with Gasteiger partial charge in [0.25, 0.3) is 0 Å². The van der Waals surface area contributed by atoms with Gasteiger partial charge in [0.15, 0.2) is 5.69 Å². The van der Waals surface area contributed by atoms with E-state index in [-0.39, 0.29) is 17.9 Å². The molecular formula is C16H9FN2O2S2. The third-order valence-corrected chi connectivity index (χ3v) is 4.59. The lowest BCUT2D eigenvalue weighted by Gasteiger charge is -2.04. The van der Waals surface area contributed by atoms with Crippen molar-refractivity contribution >= 4 is 28.6 Å². The number of esters is 1. The average Bonchev–Trinajstić information content (AvgIpc) is 3.24. The molecule has 0 aliphatic rings. The number of hydrogen-bond donors (Lipinski definition) is 0. The molecule has 0 unspecified atom stereocenters. The molecule has 4 nitrogen and oxygen atoms in total. The van der Waals surface area contributed by atoms with Crippen LogP contribution in [0.3, 0.4) is 0 Å². The number of halogens is 1. The lowest BCUT2D eigenvalue weighted by molar-refractivity contribution is 0.0463. The van der Waals surface area contributed by atoms with Crippen LogP contribution in [0, 0.1) is 17.1 Å². The van der Waals surface area contributed by atoms with Crippen molar-refractivity contribution in [3.63, 3.8) is 0 Å². The first-order valence-electron chi connectivity index (χ1n) is 6.51. The molecule has 0 aliphatic heterocycles. The van der Waals surface area contributed by atoms with Crippen LogP contribution in [0.5, 0.6) is 0 Å². The first-order valence-corrected chi connectivity index (χ1v) is 8.33. The van der Waals surface area contributed by atoms with Gasteiger partial charge < -0.3 is 4.74 Å². The molecule has 7 heteroatoms. The van der Waals surface area contributed by atoms with E-state index < -0.39 is 11.8 Å². The summed E-state index contributed by atoms with van der Waals surface area (Å²) in [5.74, 6) is -1.14. The topological polar surface area (TPSA) is 63.0 Å². The molecule has 0 N–H and O–H groups in total. The molecule has 0 bridgehead atoms. The van der Waals surface area contributed by atoms with Gasteiger partial charge in [0.1, 0.15) is 17.4 Å². The van der Waals surface area contributed by atoms with E-state index in [4.69, 9.17) is 10.00 Å². The van der Waals surface area contributed by atoms with E-state index in [0.29, 0.717) is 5.56 Å². The van der Waals surface area contributed by atoms with Gasteiger partial charge in [-0.05, 0) is 29.6 Å². The average molecular weight is 344 g/mol. The molecular weight excluding hydrogens is 335 g/mol. The summed E-state index contributed by atoms with van der Waals surface area (Å²) >= 11 is 2.89. The van der Waals surface area contributed by atoms with Crippen LogP contribution >= 0.6 is 22.7 Å². The van der Waals surface area contributed by atoms with Crippen LogP contribution < -0.4 is 0 Å². The lowest BCUT2D eigenvalue weighted by Crippen LogP contribution is -2.07. The second-order valence-corrected chi connectivity index (χ2v) is 6.18. The van der Waals surface area contributed by atoms with Crippen LogP contribution in [0.2, 0.25) is 0 Å². The molecule has 0 radical (unpaired) electrons. The Kier molecular flexibility index (Phi) is 4.46. The highest BCUT2D eigenvalue weighted by Crippen LogP contribution is 2.26. The zero-order valence-electron chi connectivity index (χ0n) is 11.7. The summed E-state index contributed by atoms with van der Waals surface area (Å²) in [5, 5.41) is 15.0. The lowest BCUT2D eigenvalue weighted by atomic mass is 10.1. The summed E-state index contributed by atoms with van der Waals surface area (Å²) in [6.45, 7) is -0.245. The quantitative estimate of drug-likeness (QED) is 0.664. The van der Waals surface area contributed by atoms with Crippen LogP contribution in [0.1, 0.15) is 21.6 Å². The second-order valence-electron chi connectivity index (χ2n) is 4.54. The van der Waals surface area contributed by atoms with E-state index in [9.17, 15) is 9.18 Å². The third kappa shape index (κ3) is 3.44. The largest absolute Gasteiger partial charge is 0.456 e. The maximum Gasteiger partial charge on any atom is 0.358 e. The molecule has 1 aromatic carbocycles. The van der Waals surface area contributed by atoms with Crippen molar-refractivity contribution in [2.24, 2.45) is 0 Å². The number of thiazole rings is 1. The Morgan fingerprint density at radius 3 is 2.96 bits per heavy atom. The Labute approximate surface area is 139 Å². The number of thiophene rings is 1. The molecule has 2 aromatic heterocycles. The van der Waals surface area contributed by atoms with Crippen LogP contribution in [-0.4, -0.2) is 11.0 Å². The van der Waals surface area contributed by atoms with Crippen LogP contribution in [0.25, 0.3) is 10.6 Å². The van der Waals surface area contributed by atoms with Gasteiger partial charge in [0.05, 0.1) is 11.6 Å². The summed E-state index contributed by atoms with van der Waals surface area (Å²) in [6, 6.07) is 7.74. The Balaban J connectivity index is 1.70. The Bertz CT molecular complexity index is 882. The Morgan fingerprint density at radius 1 is 1.35 bits per heavy atom. The van der Waals surface area contributed by atoms with Crippen LogP contribution in [-0.2, 0) is 11.3 Å². The van der Waals surface area contributed by atoms with Gasteiger partial charge in [-0.1, -0.05) is 0 Å². The molecule has 3 aromatic rings. The SMILES string of the molecule is N#Cc1ccc(F)c(COC(=O)c2csc(-c3ccsc3)n2)c1. The van der Waals surface area contributed by atoms with Gasteiger partial charge in [0, 0.05) is 21.9 Å². The zero-order valence-corrected chi connectivity index (χ0v) is 13.3. The van der Waals surface area contributed by atoms with Crippen molar-refractivity contribution in [3.05, 3.63) is 63.0 Å². The summed E-state index contributed by atoms with van der Waals surface area (Å²) < 4.78 is 18.7. The first kappa shape index (κ1) is 15.3. The molecule has 0 saturated heterocycles. The monoisotopic (exact) mass is 344 g/mol. The van der Waals surface area contributed by atoms with E-state index in [1.807, 2.05) is 22.9 Å². The number of rotatable bonds is 4. The number of aromatic nitrogens is 1. The summed E-state index contributed by atoms with van der Waals surface area (Å²) in [6.07, 6.45) is 0. The van der Waals surface area contributed by atoms with Crippen LogP contribution in [0.4, 0.5) is 4.39 Å². The molecule has 2 heterocycles. The highest BCUT2D eigenvalue weighted by atomic mass is 32.1. The standard InChI is InChI=1S/C16H9FN2O2S2/c17-13-2-1-10(6-18)5-12(13)7-21-16(20)14-9-23-15(19-14)11-3-4-22-8-11/h1-5,8-9H,7H2. The smallest absolute Gasteiger partial charge is 0.358 e. The van der Waals surface area contributed by atoms with Crippen molar-refractivity contribution < 1.29 is 13.9 Å². The summed E-state index contributed by atoms with van der Waals surface area (Å²) in [7, 11) is 0. The Hall–Kier alpha value is -2.56. The number of ether oxygens (including phenoxy) is 1. The van der Waals surface area contributed by atoms with Crippen molar-refractivity contribution in [1.29, 1.82) is 5.26 Å². The molecule has 114 valence electrons. The third-order valence-electron chi connectivity index (χ3n) is 3.02. The second kappa shape index (κ2) is 6.69. The fourth-order valence-electron chi connectivity index (χ4n) is 1.86.